The molecule has 7 heteroatoms. The van der Waals surface area contributed by atoms with Crippen LogP contribution in [0.2, 0.25) is 0 Å². The fourth-order valence-electron chi connectivity index (χ4n) is 3.65. The zero-order valence-corrected chi connectivity index (χ0v) is 16.2. The Kier molecular flexibility index (Phi) is 5.58. The van der Waals surface area contributed by atoms with Gasteiger partial charge in [0.05, 0.1) is 11.4 Å². The minimum Gasteiger partial charge on any atom is -0.355 e. The van der Waals surface area contributed by atoms with Gasteiger partial charge in [0.25, 0.3) is 0 Å². The monoisotopic (exact) mass is 380 g/mol. The van der Waals surface area contributed by atoms with E-state index in [9.17, 15) is 0 Å². The van der Waals surface area contributed by atoms with Crippen molar-refractivity contribution in [1.29, 1.82) is 0 Å². The number of anilines is 1. The second kappa shape index (κ2) is 8.43. The van der Waals surface area contributed by atoms with Gasteiger partial charge in [-0.05, 0) is 61.7 Å². The van der Waals surface area contributed by atoms with Crippen LogP contribution in [0.5, 0.6) is 0 Å². The summed E-state index contributed by atoms with van der Waals surface area (Å²) in [6.45, 7) is 3.68. The van der Waals surface area contributed by atoms with E-state index in [1.807, 2.05) is 30.6 Å². The van der Waals surface area contributed by atoms with E-state index >= 15 is 0 Å². The van der Waals surface area contributed by atoms with Gasteiger partial charge in [-0.1, -0.05) is 12.1 Å². The van der Waals surface area contributed by atoms with Crippen LogP contribution in [0.4, 0.5) is 5.82 Å². The highest BCUT2D eigenvalue weighted by atomic mass is 32.1. The number of nitrogens with zero attached hydrogens (tertiary/aromatic N) is 5. The van der Waals surface area contributed by atoms with E-state index in [4.69, 9.17) is 12.2 Å². The van der Waals surface area contributed by atoms with E-state index in [1.165, 1.54) is 5.56 Å². The Labute approximate surface area is 165 Å². The summed E-state index contributed by atoms with van der Waals surface area (Å²) in [6, 6.07) is 10.2. The molecule has 3 heterocycles. The molecule has 0 atom stereocenters. The molecule has 6 nitrogen and oxygen atoms in total. The van der Waals surface area contributed by atoms with Crippen LogP contribution in [0.15, 0.2) is 47.8 Å². The van der Waals surface area contributed by atoms with Gasteiger partial charge in [0.1, 0.15) is 5.82 Å². The van der Waals surface area contributed by atoms with E-state index in [-0.39, 0.29) is 0 Å². The Morgan fingerprint density at radius 3 is 2.78 bits per heavy atom. The summed E-state index contributed by atoms with van der Waals surface area (Å²) >= 11 is 5.61. The van der Waals surface area contributed by atoms with Gasteiger partial charge < -0.3 is 9.80 Å². The number of hydrogen-bond donors (Lipinski definition) is 1. The predicted octanol–water partition coefficient (Wildman–Crippen LogP) is 2.60. The first kappa shape index (κ1) is 17.9. The maximum Gasteiger partial charge on any atom is 0.189 e. The van der Waals surface area contributed by atoms with Crippen LogP contribution >= 0.6 is 12.2 Å². The second-order valence-corrected chi connectivity index (χ2v) is 7.24. The minimum absolute atomic E-state index is 0.688. The van der Waals surface area contributed by atoms with Crippen molar-refractivity contribution in [2.24, 2.45) is 5.10 Å². The molecule has 0 bridgehead atoms. The number of aromatic nitrogens is 2. The van der Waals surface area contributed by atoms with Gasteiger partial charge in [-0.15, -0.1) is 0 Å². The molecule has 4 rings (SSSR count). The third-order valence-electron chi connectivity index (χ3n) is 5.07. The Bertz CT molecular complexity index is 822. The Morgan fingerprint density at radius 1 is 0.963 bits per heavy atom. The van der Waals surface area contributed by atoms with Crippen LogP contribution < -0.4 is 10.3 Å². The summed E-state index contributed by atoms with van der Waals surface area (Å²) in [5.41, 5.74) is 6.40. The number of hydrazone groups is 1. The smallest absolute Gasteiger partial charge is 0.189 e. The third kappa shape index (κ3) is 4.24. The summed E-state index contributed by atoms with van der Waals surface area (Å²) in [4.78, 5) is 13.5. The van der Waals surface area contributed by atoms with Gasteiger partial charge >= 0.3 is 0 Å². The molecule has 1 N–H and O–H groups in total. The highest BCUT2D eigenvalue weighted by Crippen LogP contribution is 2.19. The van der Waals surface area contributed by atoms with Gasteiger partial charge in [-0.25, -0.2) is 4.98 Å². The van der Waals surface area contributed by atoms with Gasteiger partial charge in [-0.3, -0.25) is 10.4 Å². The Morgan fingerprint density at radius 2 is 1.89 bits per heavy atom. The van der Waals surface area contributed by atoms with E-state index in [0.717, 1.165) is 69.1 Å². The van der Waals surface area contributed by atoms with Gasteiger partial charge in [0.15, 0.2) is 5.11 Å². The summed E-state index contributed by atoms with van der Waals surface area (Å²) in [5.74, 6) is 1.03. The Hall–Kier alpha value is -2.54. The number of fused-ring (bicyclic) bond motifs is 1. The molecule has 140 valence electrons. The lowest BCUT2D eigenvalue weighted by molar-refractivity contribution is 0.441. The topological polar surface area (TPSA) is 56.7 Å². The fourth-order valence-corrected chi connectivity index (χ4v) is 3.88. The molecule has 2 aromatic heterocycles. The van der Waals surface area contributed by atoms with Crippen LogP contribution in [0.3, 0.4) is 0 Å². The first-order valence-electron chi connectivity index (χ1n) is 9.53. The lowest BCUT2D eigenvalue weighted by Crippen LogP contribution is -2.40. The summed E-state index contributed by atoms with van der Waals surface area (Å²) < 4.78 is 0. The predicted molar refractivity (Wildman–Crippen MR) is 112 cm³/mol. The molecule has 2 aromatic rings. The second-order valence-electron chi connectivity index (χ2n) is 6.86. The molecule has 2 aliphatic rings. The molecule has 0 radical (unpaired) electrons. The molecule has 0 spiro atoms. The molecule has 0 unspecified atom stereocenters. The molecule has 0 aromatic carbocycles. The van der Waals surface area contributed by atoms with E-state index in [0.29, 0.717) is 5.11 Å². The van der Waals surface area contributed by atoms with E-state index in [2.05, 4.69) is 42.4 Å². The molecule has 1 aliphatic carbocycles. The normalized spacial score (nSPS) is 18.7. The first-order chi connectivity index (χ1) is 13.3. The van der Waals surface area contributed by atoms with Crippen molar-refractivity contribution in [3.05, 3.63) is 54.0 Å². The number of thiocarbonyl (C=S) groups is 1. The van der Waals surface area contributed by atoms with Crippen LogP contribution in [0, 0.1) is 0 Å². The van der Waals surface area contributed by atoms with Crippen molar-refractivity contribution < 1.29 is 0 Å². The number of hydrogen-bond acceptors (Lipinski definition) is 5. The van der Waals surface area contributed by atoms with E-state index < -0.39 is 0 Å². The minimum atomic E-state index is 0.688. The average molecular weight is 381 g/mol. The molecule has 1 aliphatic heterocycles. The molecule has 0 amide bonds. The van der Waals surface area contributed by atoms with Crippen LogP contribution in [0.25, 0.3) is 0 Å². The SMILES string of the molecule is S=C(N/N=C1/CCCc2cccnc21)N1CCCN(c2ccccn2)CC1. The standard InChI is InChI=1S/C20H24N6S/c27-20(24-23-17-8-3-6-16-7-4-11-22-19(16)17)26-13-5-12-25(14-15-26)18-9-1-2-10-21-18/h1-2,4,7,9-11H,3,5-6,8,12-15H2,(H,24,27)/b23-17-. The quantitative estimate of drug-likeness (QED) is 0.638. The van der Waals surface area contributed by atoms with Crippen LogP contribution in [-0.4, -0.2) is 51.9 Å². The third-order valence-corrected chi connectivity index (χ3v) is 5.42. The molecule has 1 saturated heterocycles. The number of aryl methyl sites for hydroxylation is 1. The summed E-state index contributed by atoms with van der Waals surface area (Å²) in [5, 5.41) is 5.29. The highest BCUT2D eigenvalue weighted by Gasteiger charge is 2.19. The zero-order valence-electron chi connectivity index (χ0n) is 15.3. The van der Waals surface area contributed by atoms with Crippen LogP contribution in [-0.2, 0) is 6.42 Å². The summed E-state index contributed by atoms with van der Waals surface area (Å²) in [6.07, 6.45) is 7.83. The number of pyridine rings is 2. The lowest BCUT2D eigenvalue weighted by Gasteiger charge is -2.24. The molecule has 0 saturated carbocycles. The fraction of sp³-hybridized carbons (Fsp3) is 0.400. The molecule has 1 fully saturated rings. The van der Waals surface area contributed by atoms with Crippen LogP contribution in [0.1, 0.15) is 30.5 Å². The van der Waals surface area contributed by atoms with Crippen molar-refractivity contribution in [1.82, 2.24) is 20.3 Å². The first-order valence-corrected chi connectivity index (χ1v) is 9.94. The Balaban J connectivity index is 1.38. The van der Waals surface area contributed by atoms with E-state index in [1.54, 1.807) is 0 Å². The highest BCUT2D eigenvalue weighted by molar-refractivity contribution is 7.80. The van der Waals surface area contributed by atoms with Gasteiger partial charge in [0, 0.05) is 38.6 Å². The number of nitrogens with one attached hydrogen (secondary N) is 1. The zero-order chi connectivity index (χ0) is 18.5. The van der Waals surface area contributed by atoms with Crippen molar-refractivity contribution in [2.75, 3.05) is 31.1 Å². The maximum absolute atomic E-state index is 5.61. The van der Waals surface area contributed by atoms with Gasteiger partial charge in [-0.2, -0.15) is 5.10 Å². The van der Waals surface area contributed by atoms with Crippen molar-refractivity contribution in [3.63, 3.8) is 0 Å². The lowest BCUT2D eigenvalue weighted by atomic mass is 9.95. The summed E-state index contributed by atoms with van der Waals surface area (Å²) in [7, 11) is 0. The van der Waals surface area contributed by atoms with Gasteiger partial charge in [0.2, 0.25) is 0 Å². The van der Waals surface area contributed by atoms with Crippen molar-refractivity contribution in [3.8, 4) is 0 Å². The average Bonchev–Trinajstić information content (AvgIpc) is 2.99. The molecule has 27 heavy (non-hydrogen) atoms. The largest absolute Gasteiger partial charge is 0.355 e. The molecular formula is C20H24N6S. The number of rotatable bonds is 2. The molecular weight excluding hydrogens is 356 g/mol. The maximum atomic E-state index is 5.61. The van der Waals surface area contributed by atoms with Crippen molar-refractivity contribution >= 4 is 28.9 Å². The van der Waals surface area contributed by atoms with Crippen molar-refractivity contribution in [2.45, 2.75) is 25.7 Å².